The average Bonchev–Trinajstić information content (AvgIpc) is 2.84. The van der Waals surface area contributed by atoms with E-state index >= 15 is 0 Å². The van der Waals surface area contributed by atoms with Crippen LogP contribution in [0.25, 0.3) is 0 Å². The molecule has 3 fully saturated rings. The van der Waals surface area contributed by atoms with E-state index in [9.17, 15) is 20.1 Å². The van der Waals surface area contributed by atoms with Gasteiger partial charge in [-0.15, -0.1) is 0 Å². The summed E-state index contributed by atoms with van der Waals surface area (Å²) < 4.78 is 12.0. The third kappa shape index (κ3) is 3.53. The second-order valence-electron chi connectivity index (χ2n) is 13.9. The van der Waals surface area contributed by atoms with Crippen LogP contribution in [0, 0.1) is 46.3 Å². The van der Waals surface area contributed by atoms with Gasteiger partial charge in [0.05, 0.1) is 18.3 Å². The van der Waals surface area contributed by atoms with E-state index in [2.05, 4.69) is 53.8 Å². The molecular weight excluding hydrogens is 470 g/mol. The Morgan fingerprint density at radius 3 is 2.19 bits per heavy atom. The molecule has 1 aliphatic heterocycles. The van der Waals surface area contributed by atoms with Gasteiger partial charge in [-0.2, -0.15) is 0 Å². The molecule has 2 bridgehead atoms. The summed E-state index contributed by atoms with van der Waals surface area (Å²) in [5, 5.41) is 38.6. The fourth-order valence-electron chi connectivity index (χ4n) is 9.80. The second-order valence-corrected chi connectivity index (χ2v) is 13.9. The molecule has 7 nitrogen and oxygen atoms in total. The number of carbonyl (C=O) groups is 1. The SMILES string of the molecule is CNC(C)C(O)C(=O)OC1C(C)=C2[C@@H](C)C(C)[C@@]3(C)C(C(C)C(O)([C@H]1C)C2(C)C)[C@]1(O)COC1C[C@@H]3C. The highest BCUT2D eigenvalue weighted by atomic mass is 16.6. The molecule has 212 valence electrons. The average molecular weight is 522 g/mol. The van der Waals surface area contributed by atoms with Gasteiger partial charge in [0.15, 0.2) is 6.10 Å². The molecule has 0 amide bonds. The molecule has 3 aliphatic carbocycles. The molecule has 37 heavy (non-hydrogen) atoms. The third-order valence-electron chi connectivity index (χ3n) is 12.4. The monoisotopic (exact) mass is 521 g/mol. The number of esters is 1. The van der Waals surface area contributed by atoms with Crippen LogP contribution in [0.1, 0.15) is 75.7 Å². The number of ether oxygens (including phenoxy) is 2. The highest BCUT2D eigenvalue weighted by Gasteiger charge is 2.73. The van der Waals surface area contributed by atoms with Crippen molar-refractivity contribution >= 4 is 5.97 Å². The summed E-state index contributed by atoms with van der Waals surface area (Å²) in [4.78, 5) is 13.1. The first-order valence-corrected chi connectivity index (χ1v) is 14.3. The summed E-state index contributed by atoms with van der Waals surface area (Å²) in [6.45, 7) is 21.4. The highest BCUT2D eigenvalue weighted by molar-refractivity contribution is 5.75. The van der Waals surface area contributed by atoms with Crippen LogP contribution in [0.15, 0.2) is 11.1 Å². The van der Waals surface area contributed by atoms with E-state index in [1.54, 1.807) is 14.0 Å². The van der Waals surface area contributed by atoms with E-state index in [1.807, 2.05) is 13.8 Å². The summed E-state index contributed by atoms with van der Waals surface area (Å²) in [5.74, 6) is -1.05. The third-order valence-corrected chi connectivity index (χ3v) is 12.4. The molecule has 4 rings (SSSR count). The number of rotatable bonds is 4. The van der Waals surface area contributed by atoms with Crippen molar-refractivity contribution < 1.29 is 29.6 Å². The van der Waals surface area contributed by atoms with Crippen molar-refractivity contribution in [3.63, 3.8) is 0 Å². The molecule has 0 spiro atoms. The van der Waals surface area contributed by atoms with Crippen molar-refractivity contribution in [1.82, 2.24) is 5.32 Å². The Labute approximate surface area is 223 Å². The van der Waals surface area contributed by atoms with Gasteiger partial charge >= 0.3 is 5.97 Å². The van der Waals surface area contributed by atoms with Gasteiger partial charge < -0.3 is 30.1 Å². The van der Waals surface area contributed by atoms with Gasteiger partial charge in [0.1, 0.15) is 11.7 Å². The second kappa shape index (κ2) is 9.02. The fourth-order valence-corrected chi connectivity index (χ4v) is 9.80. The molecule has 0 radical (unpaired) electrons. The number of fused-ring (bicyclic) bond motifs is 5. The lowest BCUT2D eigenvalue weighted by Gasteiger charge is -2.71. The van der Waals surface area contributed by atoms with Crippen LogP contribution in [-0.4, -0.2) is 70.5 Å². The molecule has 0 aromatic heterocycles. The summed E-state index contributed by atoms with van der Waals surface area (Å²) in [6, 6.07) is -0.462. The maximum absolute atomic E-state index is 13.1. The first-order valence-electron chi connectivity index (χ1n) is 14.3. The zero-order valence-electron chi connectivity index (χ0n) is 24.8. The minimum absolute atomic E-state index is 0.0833. The number of aliphatic hydroxyl groups excluding tert-OH is 1. The van der Waals surface area contributed by atoms with Gasteiger partial charge in [-0.3, -0.25) is 0 Å². The van der Waals surface area contributed by atoms with Crippen molar-refractivity contribution in [3.8, 4) is 0 Å². The zero-order chi connectivity index (χ0) is 28.0. The van der Waals surface area contributed by atoms with Gasteiger partial charge in [0.2, 0.25) is 0 Å². The lowest BCUT2D eigenvalue weighted by molar-refractivity contribution is -0.346. The summed E-state index contributed by atoms with van der Waals surface area (Å²) in [6.07, 6.45) is -1.40. The van der Waals surface area contributed by atoms with Crippen LogP contribution in [-0.2, 0) is 14.3 Å². The molecule has 4 N–H and O–H groups in total. The van der Waals surface area contributed by atoms with Gasteiger partial charge in [-0.05, 0) is 62.0 Å². The zero-order valence-corrected chi connectivity index (χ0v) is 24.8. The number of hydrogen-bond donors (Lipinski definition) is 4. The number of aliphatic hydroxyl groups is 3. The van der Waals surface area contributed by atoms with Crippen LogP contribution in [0.5, 0.6) is 0 Å². The Bertz CT molecular complexity index is 964. The largest absolute Gasteiger partial charge is 0.455 e. The quantitative estimate of drug-likeness (QED) is 0.332. The molecular formula is C30H51NO6. The van der Waals surface area contributed by atoms with Crippen LogP contribution in [0.3, 0.4) is 0 Å². The van der Waals surface area contributed by atoms with E-state index in [0.29, 0.717) is 5.92 Å². The maximum atomic E-state index is 13.1. The van der Waals surface area contributed by atoms with E-state index in [0.717, 1.165) is 17.6 Å². The van der Waals surface area contributed by atoms with Crippen molar-refractivity contribution in [1.29, 1.82) is 0 Å². The molecule has 4 aliphatic rings. The predicted octanol–water partition coefficient (Wildman–Crippen LogP) is 3.30. The van der Waals surface area contributed by atoms with Crippen molar-refractivity contribution in [2.24, 2.45) is 46.3 Å². The Hall–Kier alpha value is -0.990. The number of likely N-dealkylation sites (N-methyl/N-ethyl adjacent to an activating group) is 1. The number of hydrogen-bond acceptors (Lipinski definition) is 7. The Morgan fingerprint density at radius 2 is 1.68 bits per heavy atom. The Kier molecular flexibility index (Phi) is 7.07. The predicted molar refractivity (Wildman–Crippen MR) is 143 cm³/mol. The molecule has 2 saturated carbocycles. The van der Waals surface area contributed by atoms with Gasteiger partial charge in [0, 0.05) is 23.3 Å². The van der Waals surface area contributed by atoms with Crippen LogP contribution in [0.4, 0.5) is 0 Å². The molecule has 13 atom stereocenters. The molecule has 1 saturated heterocycles. The first kappa shape index (κ1) is 29.0. The minimum atomic E-state index is -1.31. The Morgan fingerprint density at radius 1 is 1.08 bits per heavy atom. The molecule has 1 heterocycles. The summed E-state index contributed by atoms with van der Waals surface area (Å²) in [5.41, 5.74) is -1.03. The van der Waals surface area contributed by atoms with Crippen molar-refractivity contribution in [2.45, 2.75) is 111 Å². The van der Waals surface area contributed by atoms with E-state index in [4.69, 9.17) is 9.47 Å². The van der Waals surface area contributed by atoms with E-state index in [-0.39, 0.29) is 41.8 Å². The molecule has 8 unspecified atom stereocenters. The molecule has 0 aromatic carbocycles. The molecule has 0 aromatic rings. The summed E-state index contributed by atoms with van der Waals surface area (Å²) in [7, 11) is 1.69. The van der Waals surface area contributed by atoms with Crippen molar-refractivity contribution in [2.75, 3.05) is 13.7 Å². The highest BCUT2D eigenvalue weighted by Crippen LogP contribution is 2.69. The normalized spacial score (nSPS) is 50.5. The smallest absolute Gasteiger partial charge is 0.337 e. The lowest BCUT2D eigenvalue weighted by Crippen LogP contribution is -2.77. The van der Waals surface area contributed by atoms with Crippen LogP contribution >= 0.6 is 0 Å². The summed E-state index contributed by atoms with van der Waals surface area (Å²) >= 11 is 0. The van der Waals surface area contributed by atoms with Crippen LogP contribution < -0.4 is 5.32 Å². The van der Waals surface area contributed by atoms with Gasteiger partial charge in [-0.25, -0.2) is 4.79 Å². The Balaban J connectivity index is 1.91. The standard InChI is InChI=1S/C30H51NO6/c1-14-12-21-29(34,13-36-21)25-19(6)30(35)18(5)24(37-26(33)23(32)20(7)31-11)16(3)22(27(30,8)9)15(2)17(4)28(14,25)10/h14-15,17-21,23-25,31-32,34-35H,12-13H2,1-11H3/t14-,15-,17?,18-,19?,20?,21?,23?,24?,25?,28-,29-,30?/m0/s1. The fraction of sp³-hybridized carbons (Fsp3) is 0.900. The maximum Gasteiger partial charge on any atom is 0.337 e. The lowest BCUT2D eigenvalue weighted by atomic mass is 9.38. The van der Waals surface area contributed by atoms with Gasteiger partial charge in [-0.1, -0.05) is 61.0 Å². The number of carbonyl (C=O) groups excluding carboxylic acids is 1. The van der Waals surface area contributed by atoms with E-state index < -0.39 is 46.8 Å². The van der Waals surface area contributed by atoms with Gasteiger partial charge in [0.25, 0.3) is 0 Å². The minimum Gasteiger partial charge on any atom is -0.455 e. The van der Waals surface area contributed by atoms with Crippen LogP contribution in [0.2, 0.25) is 0 Å². The number of nitrogens with one attached hydrogen (secondary N) is 1. The first-order chi connectivity index (χ1) is 16.9. The van der Waals surface area contributed by atoms with E-state index in [1.165, 1.54) is 0 Å². The van der Waals surface area contributed by atoms with Crippen molar-refractivity contribution in [3.05, 3.63) is 11.1 Å². The topological polar surface area (TPSA) is 108 Å². The molecule has 7 heteroatoms.